The van der Waals surface area contributed by atoms with E-state index >= 15 is 0 Å². The van der Waals surface area contributed by atoms with Gasteiger partial charge < -0.3 is 14.8 Å². The lowest BCUT2D eigenvalue weighted by molar-refractivity contribution is -0.0382. The van der Waals surface area contributed by atoms with Gasteiger partial charge >= 0.3 is 0 Å². The average Bonchev–Trinajstić information content (AvgIpc) is 2.31. The molecule has 0 aliphatic rings. The van der Waals surface area contributed by atoms with Crippen LogP contribution in [0.4, 0.5) is 4.39 Å². The van der Waals surface area contributed by atoms with Gasteiger partial charge in [-0.15, -0.1) is 0 Å². The van der Waals surface area contributed by atoms with Crippen LogP contribution in [-0.4, -0.2) is 26.4 Å². The Bertz CT molecular complexity index is 393. The first kappa shape index (κ1) is 14.9. The zero-order valence-electron chi connectivity index (χ0n) is 11.7. The fraction of sp³-hybridized carbons (Fsp3) is 0.571. The van der Waals surface area contributed by atoms with E-state index in [1.54, 1.807) is 19.2 Å². The molecular formula is C14H22FNO2. The minimum atomic E-state index is -0.487. The lowest BCUT2D eigenvalue weighted by Gasteiger charge is -2.34. The predicted molar refractivity (Wildman–Crippen MR) is 70.5 cm³/mol. The summed E-state index contributed by atoms with van der Waals surface area (Å²) in [6.45, 7) is 6.41. The van der Waals surface area contributed by atoms with E-state index in [4.69, 9.17) is 9.47 Å². The monoisotopic (exact) mass is 255 g/mol. The third-order valence-corrected chi connectivity index (χ3v) is 3.02. The molecule has 0 saturated heterocycles. The largest absolute Gasteiger partial charge is 0.497 e. The van der Waals surface area contributed by atoms with Gasteiger partial charge in [0, 0.05) is 18.2 Å². The number of halogens is 1. The number of rotatable bonds is 6. The van der Waals surface area contributed by atoms with Crippen LogP contribution in [-0.2, 0) is 4.74 Å². The molecule has 4 heteroatoms. The maximum Gasteiger partial charge on any atom is 0.131 e. The van der Waals surface area contributed by atoms with Crippen LogP contribution in [0.1, 0.15) is 32.4 Å². The van der Waals surface area contributed by atoms with Crippen molar-refractivity contribution < 1.29 is 13.9 Å². The van der Waals surface area contributed by atoms with Gasteiger partial charge in [0.05, 0.1) is 18.8 Å². The van der Waals surface area contributed by atoms with E-state index in [0.29, 0.717) is 17.9 Å². The third kappa shape index (κ3) is 3.21. The highest BCUT2D eigenvalue weighted by Crippen LogP contribution is 2.31. The molecular weight excluding hydrogens is 233 g/mol. The average molecular weight is 255 g/mol. The van der Waals surface area contributed by atoms with Gasteiger partial charge in [0.25, 0.3) is 0 Å². The Morgan fingerprint density at radius 1 is 1.39 bits per heavy atom. The molecule has 0 saturated carbocycles. The summed E-state index contributed by atoms with van der Waals surface area (Å²) in [6.07, 6.45) is 0. The van der Waals surface area contributed by atoms with Crippen LogP contribution >= 0.6 is 0 Å². The molecule has 1 N–H and O–H groups in total. The second-order valence-electron chi connectivity index (χ2n) is 4.65. The highest BCUT2D eigenvalue weighted by Gasteiger charge is 2.32. The normalized spacial score (nSPS) is 13.4. The molecule has 1 atom stereocenters. The third-order valence-electron chi connectivity index (χ3n) is 3.02. The maximum atomic E-state index is 14.1. The molecule has 0 amide bonds. The SMILES string of the molecule is CCOC(C)(C)C(NC)c1ccc(OC)cc1F. The van der Waals surface area contributed by atoms with Crippen molar-refractivity contribution in [3.63, 3.8) is 0 Å². The van der Waals surface area contributed by atoms with Crippen LogP contribution in [0.2, 0.25) is 0 Å². The highest BCUT2D eigenvalue weighted by molar-refractivity contribution is 5.32. The first-order valence-electron chi connectivity index (χ1n) is 6.11. The summed E-state index contributed by atoms with van der Waals surface area (Å²) in [5.74, 6) is 0.224. The van der Waals surface area contributed by atoms with Crippen molar-refractivity contribution >= 4 is 0 Å². The lowest BCUT2D eigenvalue weighted by atomic mass is 9.91. The van der Waals surface area contributed by atoms with Crippen molar-refractivity contribution in [2.45, 2.75) is 32.4 Å². The molecule has 0 aliphatic carbocycles. The number of nitrogens with one attached hydrogen (secondary N) is 1. The number of hydrogen-bond donors (Lipinski definition) is 1. The Labute approximate surface area is 108 Å². The summed E-state index contributed by atoms with van der Waals surface area (Å²) in [5.41, 5.74) is 0.0931. The molecule has 3 nitrogen and oxygen atoms in total. The Morgan fingerprint density at radius 2 is 2.06 bits per heavy atom. The topological polar surface area (TPSA) is 30.5 Å². The van der Waals surface area contributed by atoms with Crippen molar-refractivity contribution in [2.24, 2.45) is 0 Å². The van der Waals surface area contributed by atoms with Crippen LogP contribution in [0.15, 0.2) is 18.2 Å². The molecule has 0 spiro atoms. The van der Waals surface area contributed by atoms with Gasteiger partial charge in [0.1, 0.15) is 11.6 Å². The van der Waals surface area contributed by atoms with Crippen LogP contribution in [0, 0.1) is 5.82 Å². The second kappa shape index (κ2) is 6.16. The van der Waals surface area contributed by atoms with Gasteiger partial charge in [-0.3, -0.25) is 0 Å². The van der Waals surface area contributed by atoms with Crippen molar-refractivity contribution in [1.82, 2.24) is 5.32 Å². The molecule has 1 unspecified atom stereocenters. The predicted octanol–water partition coefficient (Wildman–Crippen LogP) is 2.91. The molecule has 0 radical (unpaired) electrons. The molecule has 0 fully saturated rings. The summed E-state index contributed by atoms with van der Waals surface area (Å²) in [4.78, 5) is 0. The Kier molecular flexibility index (Phi) is 5.11. The highest BCUT2D eigenvalue weighted by atomic mass is 19.1. The molecule has 1 rings (SSSR count). The fourth-order valence-corrected chi connectivity index (χ4v) is 2.20. The van der Waals surface area contributed by atoms with Gasteiger partial charge in [0.2, 0.25) is 0 Å². The summed E-state index contributed by atoms with van der Waals surface area (Å²) >= 11 is 0. The Morgan fingerprint density at radius 3 is 2.50 bits per heavy atom. The van der Waals surface area contributed by atoms with Crippen molar-refractivity contribution in [1.29, 1.82) is 0 Å². The van der Waals surface area contributed by atoms with E-state index in [1.807, 2.05) is 20.8 Å². The molecule has 1 aromatic rings. The standard InChI is InChI=1S/C14H22FNO2/c1-6-18-14(2,3)13(16-4)11-8-7-10(17-5)9-12(11)15/h7-9,13,16H,6H2,1-5H3. The van der Waals surface area contributed by atoms with Gasteiger partial charge in [-0.25, -0.2) is 4.39 Å². The van der Waals surface area contributed by atoms with Crippen molar-refractivity contribution in [3.8, 4) is 5.75 Å². The Hall–Kier alpha value is -1.13. The van der Waals surface area contributed by atoms with Crippen LogP contribution < -0.4 is 10.1 Å². The second-order valence-corrected chi connectivity index (χ2v) is 4.65. The van der Waals surface area contributed by atoms with Crippen LogP contribution in [0.5, 0.6) is 5.75 Å². The zero-order chi connectivity index (χ0) is 13.8. The van der Waals surface area contributed by atoms with Crippen LogP contribution in [0.25, 0.3) is 0 Å². The van der Waals surface area contributed by atoms with Crippen LogP contribution in [0.3, 0.4) is 0 Å². The van der Waals surface area contributed by atoms with Crippen molar-refractivity contribution in [3.05, 3.63) is 29.6 Å². The van der Waals surface area contributed by atoms with E-state index in [-0.39, 0.29) is 11.9 Å². The van der Waals surface area contributed by atoms with E-state index in [1.165, 1.54) is 13.2 Å². The van der Waals surface area contributed by atoms with Gasteiger partial charge in [-0.1, -0.05) is 6.07 Å². The van der Waals surface area contributed by atoms with E-state index in [0.717, 1.165) is 0 Å². The Balaban J connectivity index is 3.09. The first-order valence-corrected chi connectivity index (χ1v) is 6.11. The summed E-state index contributed by atoms with van der Waals surface area (Å²) in [7, 11) is 3.32. The molecule has 0 bridgehead atoms. The summed E-state index contributed by atoms with van der Waals surface area (Å²) in [5, 5.41) is 3.12. The molecule has 0 heterocycles. The number of methoxy groups -OCH3 is 1. The number of likely N-dealkylation sites (N-methyl/N-ethyl adjacent to an activating group) is 1. The van der Waals surface area contributed by atoms with Crippen molar-refractivity contribution in [2.75, 3.05) is 20.8 Å². The molecule has 18 heavy (non-hydrogen) atoms. The fourth-order valence-electron chi connectivity index (χ4n) is 2.20. The lowest BCUT2D eigenvalue weighted by Crippen LogP contribution is -2.40. The molecule has 0 aromatic heterocycles. The molecule has 1 aromatic carbocycles. The van der Waals surface area contributed by atoms with E-state index in [9.17, 15) is 4.39 Å². The number of hydrogen-bond acceptors (Lipinski definition) is 3. The molecule has 0 aliphatic heterocycles. The van der Waals surface area contributed by atoms with Gasteiger partial charge in [-0.05, 0) is 33.9 Å². The van der Waals surface area contributed by atoms with Gasteiger partial charge in [-0.2, -0.15) is 0 Å². The van der Waals surface area contributed by atoms with E-state index in [2.05, 4.69) is 5.32 Å². The van der Waals surface area contributed by atoms with E-state index < -0.39 is 5.60 Å². The minimum absolute atomic E-state index is 0.219. The summed E-state index contributed by atoms with van der Waals surface area (Å²) in [6, 6.07) is 4.66. The zero-order valence-corrected chi connectivity index (χ0v) is 11.7. The quantitative estimate of drug-likeness (QED) is 0.847. The minimum Gasteiger partial charge on any atom is -0.497 e. The maximum absolute atomic E-state index is 14.1. The first-order chi connectivity index (χ1) is 8.46. The number of benzene rings is 1. The smallest absolute Gasteiger partial charge is 0.131 e. The number of ether oxygens (including phenoxy) is 2. The van der Waals surface area contributed by atoms with Gasteiger partial charge in [0.15, 0.2) is 0 Å². The summed E-state index contributed by atoms with van der Waals surface area (Å²) < 4.78 is 24.8. The molecule has 102 valence electrons.